The molecule has 5 heteroatoms. The molecular formula is C14H16ClN3S. The molecular weight excluding hydrogens is 278 g/mol. The van der Waals surface area contributed by atoms with Crippen molar-refractivity contribution in [1.82, 2.24) is 15.3 Å². The Morgan fingerprint density at radius 3 is 2.84 bits per heavy atom. The van der Waals surface area contributed by atoms with E-state index >= 15 is 0 Å². The second-order valence-electron chi connectivity index (χ2n) is 4.14. The van der Waals surface area contributed by atoms with Gasteiger partial charge in [0.2, 0.25) is 0 Å². The smallest absolute Gasteiger partial charge is 0.121 e. The standard InChI is InChI=1S/C14H16ClN3S/c1-3-16-8-11-7-10(2)13(18-9-11)19-14-12(15)5-4-6-17-14/h4-7,9,16H,3,8H2,1-2H3. The Bertz CT molecular complexity index is 560. The Labute approximate surface area is 122 Å². The maximum Gasteiger partial charge on any atom is 0.121 e. The molecule has 2 rings (SSSR count). The van der Waals surface area contributed by atoms with Gasteiger partial charge in [-0.3, -0.25) is 0 Å². The van der Waals surface area contributed by atoms with Crippen LogP contribution in [0.1, 0.15) is 18.1 Å². The number of aryl methyl sites for hydroxylation is 1. The van der Waals surface area contributed by atoms with E-state index < -0.39 is 0 Å². The quantitative estimate of drug-likeness (QED) is 0.912. The summed E-state index contributed by atoms with van der Waals surface area (Å²) in [6.45, 7) is 5.95. The van der Waals surface area contributed by atoms with E-state index in [2.05, 4.69) is 35.2 Å². The van der Waals surface area contributed by atoms with E-state index in [0.717, 1.165) is 28.7 Å². The molecule has 0 aliphatic carbocycles. The van der Waals surface area contributed by atoms with E-state index in [1.165, 1.54) is 17.3 Å². The highest BCUT2D eigenvalue weighted by molar-refractivity contribution is 7.99. The summed E-state index contributed by atoms with van der Waals surface area (Å²) >= 11 is 7.60. The van der Waals surface area contributed by atoms with Crippen molar-refractivity contribution in [3.8, 4) is 0 Å². The summed E-state index contributed by atoms with van der Waals surface area (Å²) in [5, 5.41) is 5.68. The van der Waals surface area contributed by atoms with Crippen LogP contribution in [0.3, 0.4) is 0 Å². The number of hydrogen-bond acceptors (Lipinski definition) is 4. The second-order valence-corrected chi connectivity index (χ2v) is 5.52. The summed E-state index contributed by atoms with van der Waals surface area (Å²) in [5.74, 6) is 0. The molecule has 0 saturated heterocycles. The van der Waals surface area contributed by atoms with Gasteiger partial charge in [-0.15, -0.1) is 0 Å². The number of nitrogens with one attached hydrogen (secondary N) is 1. The van der Waals surface area contributed by atoms with E-state index in [-0.39, 0.29) is 0 Å². The van der Waals surface area contributed by atoms with Crippen molar-refractivity contribution in [1.29, 1.82) is 0 Å². The van der Waals surface area contributed by atoms with Crippen LogP contribution in [0, 0.1) is 6.92 Å². The zero-order chi connectivity index (χ0) is 13.7. The molecule has 0 saturated carbocycles. The van der Waals surface area contributed by atoms with Crippen molar-refractivity contribution < 1.29 is 0 Å². The molecule has 19 heavy (non-hydrogen) atoms. The highest BCUT2D eigenvalue weighted by Crippen LogP contribution is 2.31. The highest BCUT2D eigenvalue weighted by Gasteiger charge is 2.08. The first-order chi connectivity index (χ1) is 9.20. The van der Waals surface area contributed by atoms with Gasteiger partial charge >= 0.3 is 0 Å². The fourth-order valence-corrected chi connectivity index (χ4v) is 2.66. The first-order valence-corrected chi connectivity index (χ1v) is 7.34. The number of halogens is 1. The van der Waals surface area contributed by atoms with Crippen molar-refractivity contribution in [3.05, 3.63) is 46.7 Å². The predicted molar refractivity (Wildman–Crippen MR) is 79.7 cm³/mol. The van der Waals surface area contributed by atoms with Gasteiger partial charge in [0, 0.05) is 18.9 Å². The Balaban J connectivity index is 2.15. The zero-order valence-corrected chi connectivity index (χ0v) is 12.6. The number of aromatic nitrogens is 2. The van der Waals surface area contributed by atoms with Crippen LogP contribution in [0.5, 0.6) is 0 Å². The molecule has 1 N–H and O–H groups in total. The van der Waals surface area contributed by atoms with Crippen LogP contribution in [0.15, 0.2) is 40.6 Å². The molecule has 0 fully saturated rings. The van der Waals surface area contributed by atoms with E-state index in [1.807, 2.05) is 18.3 Å². The molecule has 2 aromatic heterocycles. The van der Waals surface area contributed by atoms with Crippen LogP contribution in [0.2, 0.25) is 5.02 Å². The molecule has 0 bridgehead atoms. The van der Waals surface area contributed by atoms with E-state index in [1.54, 1.807) is 6.20 Å². The number of pyridine rings is 2. The Morgan fingerprint density at radius 2 is 2.16 bits per heavy atom. The van der Waals surface area contributed by atoms with Crippen LogP contribution in [-0.2, 0) is 6.54 Å². The van der Waals surface area contributed by atoms with Gasteiger partial charge in [-0.25, -0.2) is 9.97 Å². The van der Waals surface area contributed by atoms with Gasteiger partial charge in [0.05, 0.1) is 5.02 Å². The molecule has 0 spiro atoms. The molecule has 0 unspecified atom stereocenters. The highest BCUT2D eigenvalue weighted by atomic mass is 35.5. The molecule has 2 aromatic rings. The number of hydrogen-bond donors (Lipinski definition) is 1. The van der Waals surface area contributed by atoms with Crippen LogP contribution < -0.4 is 5.32 Å². The van der Waals surface area contributed by atoms with Gasteiger partial charge in [0.15, 0.2) is 0 Å². The molecule has 0 aliphatic rings. The van der Waals surface area contributed by atoms with Crippen LogP contribution in [-0.4, -0.2) is 16.5 Å². The summed E-state index contributed by atoms with van der Waals surface area (Å²) < 4.78 is 0. The van der Waals surface area contributed by atoms with Gasteiger partial charge in [-0.2, -0.15) is 0 Å². The topological polar surface area (TPSA) is 37.8 Å². The lowest BCUT2D eigenvalue weighted by Gasteiger charge is -2.08. The average molecular weight is 294 g/mol. The summed E-state index contributed by atoms with van der Waals surface area (Å²) in [6, 6.07) is 5.81. The Kier molecular flexibility index (Phi) is 5.19. The Morgan fingerprint density at radius 1 is 1.32 bits per heavy atom. The van der Waals surface area contributed by atoms with Crippen LogP contribution >= 0.6 is 23.4 Å². The first-order valence-electron chi connectivity index (χ1n) is 6.15. The number of nitrogens with zero attached hydrogens (tertiary/aromatic N) is 2. The fraction of sp³-hybridized carbons (Fsp3) is 0.286. The SMILES string of the molecule is CCNCc1cnc(Sc2ncccc2Cl)c(C)c1. The number of rotatable bonds is 5. The van der Waals surface area contributed by atoms with Gasteiger partial charge in [-0.05, 0) is 48.5 Å². The summed E-state index contributed by atoms with van der Waals surface area (Å²) in [7, 11) is 0. The molecule has 0 aliphatic heterocycles. The predicted octanol–water partition coefficient (Wildman–Crippen LogP) is 3.70. The van der Waals surface area contributed by atoms with Gasteiger partial charge in [0.25, 0.3) is 0 Å². The van der Waals surface area contributed by atoms with Crippen molar-refractivity contribution in [2.24, 2.45) is 0 Å². The summed E-state index contributed by atoms with van der Waals surface area (Å²) in [4.78, 5) is 8.76. The molecule has 100 valence electrons. The van der Waals surface area contributed by atoms with Gasteiger partial charge < -0.3 is 5.32 Å². The molecule has 3 nitrogen and oxygen atoms in total. The molecule has 0 aromatic carbocycles. The van der Waals surface area contributed by atoms with Crippen LogP contribution in [0.4, 0.5) is 0 Å². The monoisotopic (exact) mass is 293 g/mol. The lowest BCUT2D eigenvalue weighted by Crippen LogP contribution is -2.12. The molecule has 0 atom stereocenters. The summed E-state index contributed by atoms with van der Waals surface area (Å²) in [6.07, 6.45) is 3.64. The minimum atomic E-state index is 0.658. The van der Waals surface area contributed by atoms with Crippen molar-refractivity contribution >= 4 is 23.4 Å². The third-order valence-electron chi connectivity index (χ3n) is 2.58. The molecule has 0 amide bonds. The zero-order valence-electron chi connectivity index (χ0n) is 11.0. The largest absolute Gasteiger partial charge is 0.313 e. The fourth-order valence-electron chi connectivity index (χ4n) is 1.63. The average Bonchev–Trinajstić information content (AvgIpc) is 2.41. The molecule has 0 radical (unpaired) electrons. The maximum atomic E-state index is 6.11. The minimum Gasteiger partial charge on any atom is -0.313 e. The lowest BCUT2D eigenvalue weighted by molar-refractivity contribution is 0.721. The lowest BCUT2D eigenvalue weighted by atomic mass is 10.2. The third-order valence-corrected chi connectivity index (χ3v) is 4.14. The third kappa shape index (κ3) is 3.93. The Hall–Kier alpha value is -1.10. The van der Waals surface area contributed by atoms with Gasteiger partial charge in [-0.1, -0.05) is 24.6 Å². The van der Waals surface area contributed by atoms with Crippen molar-refractivity contribution in [2.45, 2.75) is 30.4 Å². The van der Waals surface area contributed by atoms with Crippen molar-refractivity contribution in [2.75, 3.05) is 6.54 Å². The normalized spacial score (nSPS) is 10.7. The minimum absolute atomic E-state index is 0.658. The van der Waals surface area contributed by atoms with E-state index in [0.29, 0.717) is 5.02 Å². The van der Waals surface area contributed by atoms with E-state index in [4.69, 9.17) is 11.6 Å². The van der Waals surface area contributed by atoms with Gasteiger partial charge in [0.1, 0.15) is 10.1 Å². The first kappa shape index (κ1) is 14.3. The van der Waals surface area contributed by atoms with Crippen LogP contribution in [0.25, 0.3) is 0 Å². The maximum absolute atomic E-state index is 6.11. The molecule has 2 heterocycles. The van der Waals surface area contributed by atoms with E-state index in [9.17, 15) is 0 Å². The second kappa shape index (κ2) is 6.89. The van der Waals surface area contributed by atoms with Crippen molar-refractivity contribution in [3.63, 3.8) is 0 Å². The summed E-state index contributed by atoms with van der Waals surface area (Å²) in [5.41, 5.74) is 2.33.